The van der Waals surface area contributed by atoms with Gasteiger partial charge in [-0.1, -0.05) is 18.2 Å². The Morgan fingerprint density at radius 3 is 2.06 bits per heavy atom. The highest BCUT2D eigenvalue weighted by Crippen LogP contribution is 2.38. The Hall–Kier alpha value is -4.21. The maximum atomic E-state index is 13.8. The summed E-state index contributed by atoms with van der Waals surface area (Å²) in [6.45, 7) is -0.360. The molecule has 3 rings (SSSR count). The van der Waals surface area contributed by atoms with Gasteiger partial charge in [0.15, 0.2) is 6.04 Å². The number of hydrogen-bond donors (Lipinski definition) is 1. The molecule has 10 heteroatoms. The summed E-state index contributed by atoms with van der Waals surface area (Å²) in [6, 6.07) is 12.8. The lowest BCUT2D eigenvalue weighted by Crippen LogP contribution is -2.39. The van der Waals surface area contributed by atoms with Crippen LogP contribution < -0.4 is 14.2 Å². The van der Waals surface area contributed by atoms with E-state index in [4.69, 9.17) is 14.2 Å². The standard InChI is InChI=1S/C26H24F3NO6/c1-34-18-11-8-16(9-12-18)24(31)30(15-17-10-13-19(35-2)14-22(17)36-3)23(25(32)33)20-6-4-5-7-21(20)26(27,28)29/h4-14,23H,15H2,1-3H3,(H,32,33). The maximum absolute atomic E-state index is 13.8. The van der Waals surface area contributed by atoms with Crippen LogP contribution in [0, 0.1) is 0 Å². The van der Waals surface area contributed by atoms with E-state index in [0.717, 1.165) is 23.1 Å². The maximum Gasteiger partial charge on any atom is 0.416 e. The van der Waals surface area contributed by atoms with Crippen molar-refractivity contribution in [2.75, 3.05) is 21.3 Å². The highest BCUT2D eigenvalue weighted by Gasteiger charge is 2.40. The number of carboxylic acid groups (broad SMARTS) is 1. The van der Waals surface area contributed by atoms with Gasteiger partial charge in [0.1, 0.15) is 17.2 Å². The summed E-state index contributed by atoms with van der Waals surface area (Å²) in [7, 11) is 4.26. The number of ether oxygens (including phenoxy) is 3. The number of rotatable bonds is 9. The van der Waals surface area contributed by atoms with E-state index < -0.39 is 35.2 Å². The average molecular weight is 503 g/mol. The Bertz CT molecular complexity index is 1230. The third-order valence-corrected chi connectivity index (χ3v) is 5.54. The first-order valence-electron chi connectivity index (χ1n) is 10.7. The molecular weight excluding hydrogens is 479 g/mol. The second-order valence-electron chi connectivity index (χ2n) is 7.67. The summed E-state index contributed by atoms with van der Waals surface area (Å²) in [6.07, 6.45) is -4.84. The lowest BCUT2D eigenvalue weighted by molar-refractivity contribution is -0.145. The number of alkyl halides is 3. The molecule has 0 radical (unpaired) electrons. The van der Waals surface area contributed by atoms with E-state index in [1.165, 1.54) is 57.7 Å². The van der Waals surface area contributed by atoms with Gasteiger partial charge in [-0.3, -0.25) is 4.79 Å². The molecule has 7 nitrogen and oxygen atoms in total. The Labute approximate surface area is 205 Å². The molecular formula is C26H24F3NO6. The predicted octanol–water partition coefficient (Wildman–Crippen LogP) is 5.20. The molecule has 3 aromatic carbocycles. The van der Waals surface area contributed by atoms with Crippen LogP contribution in [-0.2, 0) is 17.5 Å². The molecule has 0 aliphatic carbocycles. The van der Waals surface area contributed by atoms with Crippen LogP contribution in [0.5, 0.6) is 17.2 Å². The summed E-state index contributed by atoms with van der Waals surface area (Å²) in [5, 5.41) is 10.1. The molecule has 3 aromatic rings. The topological polar surface area (TPSA) is 85.3 Å². The van der Waals surface area contributed by atoms with Gasteiger partial charge in [-0.15, -0.1) is 0 Å². The van der Waals surface area contributed by atoms with Crippen molar-refractivity contribution in [2.45, 2.75) is 18.8 Å². The molecule has 0 aliphatic rings. The van der Waals surface area contributed by atoms with Gasteiger partial charge in [-0.2, -0.15) is 13.2 Å². The van der Waals surface area contributed by atoms with Crippen molar-refractivity contribution in [2.24, 2.45) is 0 Å². The van der Waals surface area contributed by atoms with Crippen molar-refractivity contribution >= 4 is 11.9 Å². The highest BCUT2D eigenvalue weighted by molar-refractivity contribution is 5.97. The average Bonchev–Trinajstić information content (AvgIpc) is 2.87. The first-order chi connectivity index (χ1) is 17.1. The summed E-state index contributed by atoms with van der Waals surface area (Å²) in [5.41, 5.74) is -1.27. The minimum atomic E-state index is -4.84. The van der Waals surface area contributed by atoms with Gasteiger partial charge in [0.2, 0.25) is 0 Å². The van der Waals surface area contributed by atoms with Gasteiger partial charge >= 0.3 is 12.1 Å². The van der Waals surface area contributed by atoms with Crippen molar-refractivity contribution < 1.29 is 42.1 Å². The van der Waals surface area contributed by atoms with Crippen LogP contribution in [0.1, 0.15) is 33.1 Å². The second kappa shape index (κ2) is 11.0. The number of carboxylic acids is 1. The molecule has 0 saturated carbocycles. The molecule has 0 saturated heterocycles. The first kappa shape index (κ1) is 26.4. The Morgan fingerprint density at radius 2 is 1.50 bits per heavy atom. The van der Waals surface area contributed by atoms with Crippen LogP contribution in [0.3, 0.4) is 0 Å². The normalized spacial score (nSPS) is 11.9. The molecule has 190 valence electrons. The molecule has 1 N–H and O–H groups in total. The molecule has 36 heavy (non-hydrogen) atoms. The monoisotopic (exact) mass is 503 g/mol. The molecule has 0 aromatic heterocycles. The largest absolute Gasteiger partial charge is 0.497 e. The van der Waals surface area contributed by atoms with Crippen LogP contribution in [0.4, 0.5) is 13.2 Å². The third-order valence-electron chi connectivity index (χ3n) is 5.54. The summed E-state index contributed by atoms with van der Waals surface area (Å²) in [4.78, 5) is 27.0. The quantitative estimate of drug-likeness (QED) is 0.432. The number of carbonyl (C=O) groups is 2. The number of carbonyl (C=O) groups excluding carboxylic acids is 1. The zero-order valence-electron chi connectivity index (χ0n) is 19.7. The van der Waals surface area contributed by atoms with Crippen LogP contribution in [0.25, 0.3) is 0 Å². The zero-order chi connectivity index (χ0) is 26.5. The molecule has 1 unspecified atom stereocenters. The van der Waals surface area contributed by atoms with Crippen LogP contribution in [0.15, 0.2) is 66.7 Å². The first-order valence-corrected chi connectivity index (χ1v) is 10.7. The van der Waals surface area contributed by atoms with Gasteiger partial charge in [0, 0.05) is 17.2 Å². The fourth-order valence-corrected chi connectivity index (χ4v) is 3.77. The highest BCUT2D eigenvalue weighted by atomic mass is 19.4. The number of halogens is 3. The van der Waals surface area contributed by atoms with Gasteiger partial charge < -0.3 is 24.2 Å². The second-order valence-corrected chi connectivity index (χ2v) is 7.67. The summed E-state index contributed by atoms with van der Waals surface area (Å²) in [5.74, 6) is -1.25. The van der Waals surface area contributed by atoms with Crippen molar-refractivity contribution in [3.63, 3.8) is 0 Å². The Balaban J connectivity index is 2.19. The van der Waals surface area contributed by atoms with Crippen LogP contribution in [-0.4, -0.2) is 43.2 Å². The van der Waals surface area contributed by atoms with Crippen LogP contribution in [0.2, 0.25) is 0 Å². The molecule has 0 spiro atoms. The Morgan fingerprint density at radius 1 is 0.889 bits per heavy atom. The lowest BCUT2D eigenvalue weighted by Gasteiger charge is -2.31. The van der Waals surface area contributed by atoms with Crippen molar-refractivity contribution in [3.8, 4) is 17.2 Å². The summed E-state index contributed by atoms with van der Waals surface area (Å²) < 4.78 is 57.1. The minimum absolute atomic E-state index is 0.0685. The van der Waals surface area contributed by atoms with E-state index in [-0.39, 0.29) is 17.9 Å². The van der Waals surface area contributed by atoms with Gasteiger partial charge in [0.05, 0.1) is 33.4 Å². The molecule has 0 bridgehead atoms. The molecule has 0 heterocycles. The predicted molar refractivity (Wildman–Crippen MR) is 124 cm³/mol. The van der Waals surface area contributed by atoms with E-state index in [1.807, 2.05) is 0 Å². The number of amides is 1. The van der Waals surface area contributed by atoms with E-state index in [0.29, 0.717) is 17.1 Å². The lowest BCUT2D eigenvalue weighted by atomic mass is 9.97. The van der Waals surface area contributed by atoms with Crippen molar-refractivity contribution in [3.05, 3.63) is 89.0 Å². The number of methoxy groups -OCH3 is 3. The van der Waals surface area contributed by atoms with E-state index in [9.17, 15) is 27.9 Å². The molecule has 0 fully saturated rings. The number of benzene rings is 3. The molecule has 1 atom stereocenters. The van der Waals surface area contributed by atoms with E-state index >= 15 is 0 Å². The van der Waals surface area contributed by atoms with Gasteiger partial charge in [0.25, 0.3) is 5.91 Å². The number of aliphatic carboxylic acids is 1. The fourth-order valence-electron chi connectivity index (χ4n) is 3.77. The zero-order valence-corrected chi connectivity index (χ0v) is 19.7. The third kappa shape index (κ3) is 5.70. The van der Waals surface area contributed by atoms with Crippen molar-refractivity contribution in [1.82, 2.24) is 4.90 Å². The summed E-state index contributed by atoms with van der Waals surface area (Å²) >= 11 is 0. The van der Waals surface area contributed by atoms with Crippen molar-refractivity contribution in [1.29, 1.82) is 0 Å². The molecule has 0 aliphatic heterocycles. The SMILES string of the molecule is COc1ccc(C(=O)N(Cc2ccc(OC)cc2OC)C(C(=O)O)c2ccccc2C(F)(F)F)cc1. The Kier molecular flexibility index (Phi) is 8.08. The number of nitrogens with zero attached hydrogens (tertiary/aromatic N) is 1. The van der Waals surface area contributed by atoms with E-state index in [1.54, 1.807) is 12.1 Å². The minimum Gasteiger partial charge on any atom is -0.497 e. The smallest absolute Gasteiger partial charge is 0.416 e. The molecule has 1 amide bonds. The fraction of sp³-hybridized carbons (Fsp3) is 0.231. The van der Waals surface area contributed by atoms with Gasteiger partial charge in [-0.25, -0.2) is 4.79 Å². The van der Waals surface area contributed by atoms with Gasteiger partial charge in [-0.05, 0) is 48.0 Å². The van der Waals surface area contributed by atoms with E-state index in [2.05, 4.69) is 0 Å². The van der Waals surface area contributed by atoms with Crippen LogP contribution >= 0.6 is 0 Å². The number of hydrogen-bond acceptors (Lipinski definition) is 5.